The van der Waals surface area contributed by atoms with Gasteiger partial charge < -0.3 is 20.5 Å². The number of carbonyl (C=O) groups is 1. The van der Waals surface area contributed by atoms with Gasteiger partial charge in [0, 0.05) is 43.5 Å². The van der Waals surface area contributed by atoms with E-state index in [1.165, 1.54) is 0 Å². The van der Waals surface area contributed by atoms with Gasteiger partial charge in [0.2, 0.25) is 0 Å². The fourth-order valence-electron chi connectivity index (χ4n) is 5.26. The van der Waals surface area contributed by atoms with E-state index >= 15 is 0 Å². The van der Waals surface area contributed by atoms with Crippen LogP contribution in [0.2, 0.25) is 0 Å². The summed E-state index contributed by atoms with van der Waals surface area (Å²) in [6.07, 6.45) is 7.60. The number of H-pyrrole nitrogens is 1. The summed E-state index contributed by atoms with van der Waals surface area (Å²) in [5.41, 5.74) is 11.1. The van der Waals surface area contributed by atoms with E-state index in [1.807, 2.05) is 39.9 Å². The zero-order valence-electron chi connectivity index (χ0n) is 18.7. The Kier molecular flexibility index (Phi) is 4.79. The zero-order chi connectivity index (χ0) is 22.5. The van der Waals surface area contributed by atoms with Crippen molar-refractivity contribution < 1.29 is 4.79 Å². The molecule has 4 aromatic rings. The maximum absolute atomic E-state index is 13.6. The van der Waals surface area contributed by atoms with Gasteiger partial charge in [-0.3, -0.25) is 4.79 Å². The fourth-order valence-corrected chi connectivity index (χ4v) is 5.26. The molecule has 9 nitrogen and oxygen atoms in total. The number of benzene rings is 1. The number of fused-ring (bicyclic) bond motifs is 2. The number of hydrogen-bond donors (Lipinski definition) is 2. The van der Waals surface area contributed by atoms with Crippen LogP contribution >= 0.6 is 0 Å². The van der Waals surface area contributed by atoms with Crippen molar-refractivity contribution in [3.8, 4) is 0 Å². The summed E-state index contributed by atoms with van der Waals surface area (Å²) in [6.45, 7) is 4.53. The first-order valence-electron chi connectivity index (χ1n) is 11.7. The van der Waals surface area contributed by atoms with Crippen LogP contribution in [0, 0.1) is 6.92 Å². The second-order valence-electron chi connectivity index (χ2n) is 9.23. The molecule has 170 valence electrons. The largest absolute Gasteiger partial charge is 0.355 e. The monoisotopic (exact) mass is 444 g/mol. The van der Waals surface area contributed by atoms with E-state index < -0.39 is 0 Å². The molecular weight excluding hydrogens is 416 g/mol. The molecule has 33 heavy (non-hydrogen) atoms. The number of aromatic nitrogens is 5. The maximum atomic E-state index is 13.6. The van der Waals surface area contributed by atoms with E-state index in [0.717, 1.165) is 67.0 Å². The molecule has 0 radical (unpaired) electrons. The summed E-state index contributed by atoms with van der Waals surface area (Å²) in [6, 6.07) is 7.85. The van der Waals surface area contributed by atoms with E-state index in [2.05, 4.69) is 21.8 Å². The second kappa shape index (κ2) is 7.84. The Morgan fingerprint density at radius 3 is 2.97 bits per heavy atom. The average molecular weight is 445 g/mol. The molecule has 0 bridgehead atoms. The van der Waals surface area contributed by atoms with Crippen LogP contribution in [0.4, 0.5) is 5.82 Å². The van der Waals surface area contributed by atoms with Crippen LogP contribution in [0.5, 0.6) is 0 Å². The van der Waals surface area contributed by atoms with Gasteiger partial charge in [-0.15, -0.1) is 0 Å². The Morgan fingerprint density at radius 1 is 1.21 bits per heavy atom. The molecule has 1 amide bonds. The Morgan fingerprint density at radius 2 is 2.12 bits per heavy atom. The minimum Gasteiger partial charge on any atom is -0.355 e. The van der Waals surface area contributed by atoms with Crippen LogP contribution in [-0.2, 0) is 0 Å². The van der Waals surface area contributed by atoms with Gasteiger partial charge >= 0.3 is 0 Å². The van der Waals surface area contributed by atoms with Gasteiger partial charge in [0.05, 0.1) is 29.1 Å². The lowest BCUT2D eigenvalue weighted by atomic mass is 9.98. The fraction of sp³-hybridized carbons (Fsp3) is 0.417. The number of anilines is 1. The number of imidazole rings is 1. The highest BCUT2D eigenvalue weighted by molar-refractivity contribution is 6.05. The number of aromatic amines is 1. The molecule has 0 spiro atoms. The van der Waals surface area contributed by atoms with Crippen molar-refractivity contribution in [2.75, 3.05) is 24.5 Å². The Bertz CT molecular complexity index is 1340. The SMILES string of the molecule is Cc1cn2nc(C3CCCCN3C(=O)c3cccc4[nH]cnc34)cc2nc1N1CCC(N)C1. The van der Waals surface area contributed by atoms with E-state index in [0.29, 0.717) is 17.6 Å². The van der Waals surface area contributed by atoms with Gasteiger partial charge in [0.25, 0.3) is 5.91 Å². The van der Waals surface area contributed by atoms with Crippen molar-refractivity contribution in [2.45, 2.75) is 44.7 Å². The van der Waals surface area contributed by atoms with Crippen molar-refractivity contribution in [2.24, 2.45) is 5.73 Å². The summed E-state index contributed by atoms with van der Waals surface area (Å²) in [5, 5.41) is 4.85. The summed E-state index contributed by atoms with van der Waals surface area (Å²) >= 11 is 0. The summed E-state index contributed by atoms with van der Waals surface area (Å²) in [5.74, 6) is 0.981. The molecule has 2 saturated heterocycles. The first-order valence-corrected chi connectivity index (χ1v) is 11.7. The third kappa shape index (κ3) is 3.43. The molecule has 2 aliphatic heterocycles. The van der Waals surface area contributed by atoms with Crippen LogP contribution in [0.15, 0.2) is 36.8 Å². The number of carbonyl (C=O) groups excluding carboxylic acids is 1. The van der Waals surface area contributed by atoms with E-state index in [1.54, 1.807) is 6.33 Å². The first kappa shape index (κ1) is 20.2. The number of nitrogens with zero attached hydrogens (tertiary/aromatic N) is 6. The first-order chi connectivity index (χ1) is 16.1. The summed E-state index contributed by atoms with van der Waals surface area (Å²) < 4.78 is 1.84. The van der Waals surface area contributed by atoms with E-state index in [4.69, 9.17) is 15.8 Å². The van der Waals surface area contributed by atoms with E-state index in [-0.39, 0.29) is 18.0 Å². The minimum atomic E-state index is -0.0777. The Labute approximate surface area is 191 Å². The number of nitrogens with one attached hydrogen (secondary N) is 1. The predicted molar refractivity (Wildman–Crippen MR) is 126 cm³/mol. The topological polar surface area (TPSA) is 108 Å². The molecule has 5 heterocycles. The second-order valence-corrected chi connectivity index (χ2v) is 9.23. The predicted octanol–water partition coefficient (Wildman–Crippen LogP) is 2.82. The van der Waals surface area contributed by atoms with Gasteiger partial charge in [-0.1, -0.05) is 6.07 Å². The molecule has 2 fully saturated rings. The quantitative estimate of drug-likeness (QED) is 0.503. The maximum Gasteiger partial charge on any atom is 0.256 e. The molecule has 9 heteroatoms. The highest BCUT2D eigenvalue weighted by atomic mass is 16.2. The molecule has 0 aliphatic carbocycles. The molecule has 0 saturated carbocycles. The van der Waals surface area contributed by atoms with E-state index in [9.17, 15) is 4.79 Å². The molecule has 6 rings (SSSR count). The highest BCUT2D eigenvalue weighted by Gasteiger charge is 2.32. The standard InChI is InChI=1S/C24H28N8O/c1-15-12-32-21(28-23(15)30-10-8-16(25)13-30)11-19(29-32)20-7-2-3-9-31(20)24(33)17-5-4-6-18-22(17)27-14-26-18/h4-6,11-12,14,16,20H,2-3,7-10,13,25H2,1H3,(H,26,27). The molecule has 2 unspecified atom stereocenters. The summed E-state index contributed by atoms with van der Waals surface area (Å²) in [4.78, 5) is 30.2. The molecule has 3 N–H and O–H groups in total. The number of amides is 1. The van der Waals surface area contributed by atoms with Crippen molar-refractivity contribution in [3.63, 3.8) is 0 Å². The number of para-hydroxylation sites is 1. The lowest BCUT2D eigenvalue weighted by Crippen LogP contribution is -2.38. The molecule has 2 aliphatic rings. The number of piperidine rings is 1. The number of rotatable bonds is 3. The summed E-state index contributed by atoms with van der Waals surface area (Å²) in [7, 11) is 0. The highest BCUT2D eigenvalue weighted by Crippen LogP contribution is 2.33. The van der Waals surface area contributed by atoms with Crippen molar-refractivity contribution in [1.82, 2.24) is 29.5 Å². The lowest BCUT2D eigenvalue weighted by Gasteiger charge is -2.34. The third-order valence-electron chi connectivity index (χ3n) is 6.93. The molecular formula is C24H28N8O. The minimum absolute atomic E-state index is 0.00494. The number of hydrogen-bond acceptors (Lipinski definition) is 6. The number of aryl methyl sites for hydroxylation is 1. The van der Waals surface area contributed by atoms with Crippen LogP contribution in [0.1, 0.15) is 53.3 Å². The molecule has 3 aromatic heterocycles. The molecule has 1 aromatic carbocycles. The normalized spacial score (nSPS) is 21.4. The van der Waals surface area contributed by atoms with Crippen molar-refractivity contribution >= 4 is 28.4 Å². The Balaban J connectivity index is 1.35. The smallest absolute Gasteiger partial charge is 0.256 e. The van der Waals surface area contributed by atoms with Crippen LogP contribution < -0.4 is 10.6 Å². The van der Waals surface area contributed by atoms with Gasteiger partial charge in [0.15, 0.2) is 5.65 Å². The van der Waals surface area contributed by atoms with Gasteiger partial charge in [0.1, 0.15) is 11.3 Å². The van der Waals surface area contributed by atoms with Gasteiger partial charge in [-0.25, -0.2) is 14.5 Å². The van der Waals surface area contributed by atoms with Crippen LogP contribution in [0.25, 0.3) is 16.7 Å². The third-order valence-corrected chi connectivity index (χ3v) is 6.93. The average Bonchev–Trinajstić information content (AvgIpc) is 3.57. The van der Waals surface area contributed by atoms with Crippen LogP contribution in [0.3, 0.4) is 0 Å². The molecule has 2 atom stereocenters. The van der Waals surface area contributed by atoms with Crippen molar-refractivity contribution in [1.29, 1.82) is 0 Å². The van der Waals surface area contributed by atoms with Crippen LogP contribution in [-0.4, -0.2) is 61.0 Å². The lowest BCUT2D eigenvalue weighted by molar-refractivity contribution is 0.0607. The zero-order valence-corrected chi connectivity index (χ0v) is 18.7. The number of likely N-dealkylation sites (tertiary alicyclic amines) is 1. The van der Waals surface area contributed by atoms with Gasteiger partial charge in [-0.05, 0) is 44.7 Å². The van der Waals surface area contributed by atoms with Gasteiger partial charge in [-0.2, -0.15) is 5.10 Å². The van der Waals surface area contributed by atoms with Crippen molar-refractivity contribution in [3.05, 3.63) is 53.6 Å². The number of nitrogens with two attached hydrogens (primary N) is 1. The Hall–Kier alpha value is -3.46.